The molecule has 8 nitrogen and oxygen atoms in total. The first kappa shape index (κ1) is 16.4. The van der Waals surface area contributed by atoms with Gasteiger partial charge in [0.1, 0.15) is 11.3 Å². The summed E-state index contributed by atoms with van der Waals surface area (Å²) in [6, 6.07) is 3.25. The molecule has 0 bridgehead atoms. The summed E-state index contributed by atoms with van der Waals surface area (Å²) in [7, 11) is 0. The van der Waals surface area contributed by atoms with Gasteiger partial charge in [-0.05, 0) is 26.8 Å². The van der Waals surface area contributed by atoms with E-state index in [0.717, 1.165) is 12.1 Å². The van der Waals surface area contributed by atoms with Crippen molar-refractivity contribution in [3.63, 3.8) is 0 Å². The van der Waals surface area contributed by atoms with Crippen molar-refractivity contribution >= 4 is 17.6 Å². The van der Waals surface area contributed by atoms with Crippen LogP contribution in [-0.2, 0) is 4.79 Å². The highest BCUT2D eigenvalue weighted by atomic mass is 16.6. The number of carbonyl (C=O) groups excluding carboxylic acids is 1. The SMILES string of the molecule is CC(C)NC(=O)C(C)Oc1ccc([N+](=O)[O-])c(C(=O)O)c1. The third-order valence-corrected chi connectivity index (χ3v) is 2.51. The molecule has 0 aliphatic rings. The van der Waals surface area contributed by atoms with Crippen LogP contribution in [0.2, 0.25) is 0 Å². The fraction of sp³-hybridized carbons (Fsp3) is 0.385. The molecular weight excluding hydrogens is 280 g/mol. The lowest BCUT2D eigenvalue weighted by atomic mass is 10.1. The minimum Gasteiger partial charge on any atom is -0.481 e. The average molecular weight is 296 g/mol. The van der Waals surface area contributed by atoms with Gasteiger partial charge >= 0.3 is 5.97 Å². The lowest BCUT2D eigenvalue weighted by molar-refractivity contribution is -0.385. The molecule has 2 N–H and O–H groups in total. The number of nitrogens with one attached hydrogen (secondary N) is 1. The lowest BCUT2D eigenvalue weighted by Crippen LogP contribution is -2.40. The van der Waals surface area contributed by atoms with Gasteiger partial charge in [-0.25, -0.2) is 4.79 Å². The van der Waals surface area contributed by atoms with Crippen LogP contribution in [0.4, 0.5) is 5.69 Å². The van der Waals surface area contributed by atoms with Crippen molar-refractivity contribution in [1.29, 1.82) is 0 Å². The fourth-order valence-electron chi connectivity index (χ4n) is 1.58. The van der Waals surface area contributed by atoms with E-state index < -0.39 is 28.2 Å². The van der Waals surface area contributed by atoms with E-state index in [4.69, 9.17) is 9.84 Å². The van der Waals surface area contributed by atoms with E-state index in [-0.39, 0.29) is 17.7 Å². The van der Waals surface area contributed by atoms with E-state index in [0.29, 0.717) is 0 Å². The van der Waals surface area contributed by atoms with Crippen molar-refractivity contribution in [1.82, 2.24) is 5.32 Å². The molecule has 0 spiro atoms. The fourth-order valence-corrected chi connectivity index (χ4v) is 1.58. The van der Waals surface area contributed by atoms with Crippen molar-refractivity contribution in [3.05, 3.63) is 33.9 Å². The third-order valence-electron chi connectivity index (χ3n) is 2.51. The second-order valence-corrected chi connectivity index (χ2v) is 4.66. The summed E-state index contributed by atoms with van der Waals surface area (Å²) in [6.07, 6.45) is -0.851. The first-order chi connectivity index (χ1) is 9.72. The van der Waals surface area contributed by atoms with E-state index in [2.05, 4.69) is 5.32 Å². The van der Waals surface area contributed by atoms with E-state index in [1.54, 1.807) is 13.8 Å². The number of nitro benzene ring substituents is 1. The van der Waals surface area contributed by atoms with Gasteiger partial charge in [0, 0.05) is 18.2 Å². The normalized spacial score (nSPS) is 11.8. The molecule has 1 aromatic carbocycles. The number of hydrogen-bond donors (Lipinski definition) is 2. The number of hydrogen-bond acceptors (Lipinski definition) is 5. The van der Waals surface area contributed by atoms with Crippen molar-refractivity contribution < 1.29 is 24.4 Å². The topological polar surface area (TPSA) is 119 Å². The Kier molecular flexibility index (Phi) is 5.23. The number of carbonyl (C=O) groups is 2. The maximum Gasteiger partial charge on any atom is 0.342 e. The van der Waals surface area contributed by atoms with Gasteiger partial charge < -0.3 is 15.2 Å². The minimum absolute atomic E-state index is 0.0602. The predicted octanol–water partition coefficient (Wildman–Crippen LogP) is 1.58. The molecule has 0 radical (unpaired) electrons. The highest BCUT2D eigenvalue weighted by Gasteiger charge is 2.22. The highest BCUT2D eigenvalue weighted by Crippen LogP contribution is 2.24. The van der Waals surface area contributed by atoms with Crippen LogP contribution >= 0.6 is 0 Å². The summed E-state index contributed by atoms with van der Waals surface area (Å²) in [5, 5.41) is 22.3. The second-order valence-electron chi connectivity index (χ2n) is 4.66. The summed E-state index contributed by atoms with van der Waals surface area (Å²) in [5.74, 6) is -1.73. The number of rotatable bonds is 6. The Balaban J connectivity index is 2.95. The average Bonchev–Trinajstić information content (AvgIpc) is 2.37. The molecule has 0 heterocycles. The van der Waals surface area contributed by atoms with Crippen molar-refractivity contribution in [2.75, 3.05) is 0 Å². The molecule has 1 aromatic rings. The second kappa shape index (κ2) is 6.69. The molecule has 0 fully saturated rings. The number of aromatic carboxylic acids is 1. The third kappa shape index (κ3) is 4.44. The Morgan fingerprint density at radius 2 is 1.95 bits per heavy atom. The Bertz CT molecular complexity index is 570. The first-order valence-electron chi connectivity index (χ1n) is 6.21. The van der Waals surface area contributed by atoms with Crippen LogP contribution in [0.3, 0.4) is 0 Å². The Morgan fingerprint density at radius 1 is 1.33 bits per heavy atom. The molecule has 1 unspecified atom stereocenters. The van der Waals surface area contributed by atoms with Crippen LogP contribution in [0, 0.1) is 10.1 Å². The van der Waals surface area contributed by atoms with Gasteiger partial charge in [0.2, 0.25) is 0 Å². The molecule has 1 rings (SSSR count). The summed E-state index contributed by atoms with van der Waals surface area (Å²) < 4.78 is 5.30. The number of ether oxygens (including phenoxy) is 1. The zero-order valence-corrected chi connectivity index (χ0v) is 11.8. The standard InChI is InChI=1S/C13H16N2O6/c1-7(2)14-12(16)8(3)21-9-4-5-11(15(19)20)10(6-9)13(17)18/h4-8H,1-3H3,(H,14,16)(H,17,18). The number of nitro groups is 1. The van der Waals surface area contributed by atoms with Gasteiger partial charge in [0.05, 0.1) is 4.92 Å². The number of amides is 1. The lowest BCUT2D eigenvalue weighted by Gasteiger charge is -2.16. The minimum atomic E-state index is -1.44. The van der Waals surface area contributed by atoms with E-state index in [9.17, 15) is 19.7 Å². The van der Waals surface area contributed by atoms with Crippen LogP contribution in [-0.4, -0.2) is 34.1 Å². The molecule has 8 heteroatoms. The Hall–Kier alpha value is -2.64. The van der Waals surface area contributed by atoms with E-state index >= 15 is 0 Å². The number of carboxylic acids is 1. The molecule has 0 aliphatic carbocycles. The van der Waals surface area contributed by atoms with Crippen LogP contribution < -0.4 is 10.1 Å². The van der Waals surface area contributed by atoms with Gasteiger partial charge in [0.25, 0.3) is 11.6 Å². The van der Waals surface area contributed by atoms with Gasteiger partial charge in [-0.2, -0.15) is 0 Å². The van der Waals surface area contributed by atoms with Crippen LogP contribution in [0.5, 0.6) is 5.75 Å². The van der Waals surface area contributed by atoms with Gasteiger partial charge in [-0.1, -0.05) is 0 Å². The van der Waals surface area contributed by atoms with Crippen LogP contribution in [0.25, 0.3) is 0 Å². The predicted molar refractivity (Wildman–Crippen MR) is 73.4 cm³/mol. The van der Waals surface area contributed by atoms with Gasteiger partial charge in [-0.15, -0.1) is 0 Å². The van der Waals surface area contributed by atoms with Crippen molar-refractivity contribution in [2.24, 2.45) is 0 Å². The molecule has 0 saturated heterocycles. The monoisotopic (exact) mass is 296 g/mol. The summed E-state index contributed by atoms with van der Waals surface area (Å²) in [5.41, 5.74) is -1.02. The molecule has 0 aromatic heterocycles. The number of nitrogens with zero attached hydrogens (tertiary/aromatic N) is 1. The Labute approximate surface area is 120 Å². The molecule has 0 saturated carbocycles. The largest absolute Gasteiger partial charge is 0.481 e. The summed E-state index contributed by atoms with van der Waals surface area (Å²) in [4.78, 5) is 32.6. The molecule has 0 aliphatic heterocycles. The molecule has 114 valence electrons. The molecule has 1 amide bonds. The zero-order valence-electron chi connectivity index (χ0n) is 11.8. The number of benzene rings is 1. The summed E-state index contributed by atoms with van der Waals surface area (Å²) >= 11 is 0. The maximum atomic E-state index is 11.7. The van der Waals surface area contributed by atoms with Crippen LogP contribution in [0.15, 0.2) is 18.2 Å². The Morgan fingerprint density at radius 3 is 2.43 bits per heavy atom. The van der Waals surface area contributed by atoms with Gasteiger partial charge in [-0.3, -0.25) is 14.9 Å². The van der Waals surface area contributed by atoms with Crippen molar-refractivity contribution in [3.8, 4) is 5.75 Å². The number of carboxylic acid groups (broad SMARTS) is 1. The maximum absolute atomic E-state index is 11.7. The van der Waals surface area contributed by atoms with Crippen LogP contribution in [0.1, 0.15) is 31.1 Å². The molecular formula is C13H16N2O6. The molecule has 1 atom stereocenters. The molecule has 21 heavy (non-hydrogen) atoms. The summed E-state index contributed by atoms with van der Waals surface area (Å²) in [6.45, 7) is 5.08. The van der Waals surface area contributed by atoms with Crippen molar-refractivity contribution in [2.45, 2.75) is 32.9 Å². The zero-order chi connectivity index (χ0) is 16.2. The smallest absolute Gasteiger partial charge is 0.342 e. The van der Waals surface area contributed by atoms with E-state index in [1.807, 2.05) is 0 Å². The van der Waals surface area contributed by atoms with E-state index in [1.165, 1.54) is 13.0 Å². The quantitative estimate of drug-likeness (QED) is 0.607. The highest BCUT2D eigenvalue weighted by molar-refractivity contribution is 5.93. The first-order valence-corrected chi connectivity index (χ1v) is 6.21. The van der Waals surface area contributed by atoms with Gasteiger partial charge in [0.15, 0.2) is 6.10 Å².